The van der Waals surface area contributed by atoms with E-state index in [4.69, 9.17) is 4.84 Å². The van der Waals surface area contributed by atoms with Crippen LogP contribution >= 0.6 is 0 Å². The number of rotatable bonds is 4. The highest BCUT2D eigenvalue weighted by molar-refractivity contribution is 5.55. The molecule has 0 bridgehead atoms. The summed E-state index contributed by atoms with van der Waals surface area (Å²) in [6.45, 7) is 8.70. The van der Waals surface area contributed by atoms with E-state index in [9.17, 15) is 0 Å². The van der Waals surface area contributed by atoms with Crippen LogP contribution in [-0.4, -0.2) is 12.8 Å². The number of nitrogens with zero attached hydrogens (tertiary/aromatic N) is 1. The van der Waals surface area contributed by atoms with Gasteiger partial charge in [-0.3, -0.25) is 0 Å². The topological polar surface area (TPSA) is 21.6 Å². The molecule has 0 heterocycles. The summed E-state index contributed by atoms with van der Waals surface area (Å²) in [6.07, 6.45) is 3.94. The molecule has 0 N–H and O–H groups in total. The van der Waals surface area contributed by atoms with Crippen LogP contribution < -0.4 is 0 Å². The summed E-state index contributed by atoms with van der Waals surface area (Å²) in [4.78, 5) is 4.70. The van der Waals surface area contributed by atoms with E-state index < -0.39 is 0 Å². The van der Waals surface area contributed by atoms with Gasteiger partial charge in [0.25, 0.3) is 0 Å². The minimum Gasteiger partial charge on any atom is -0.396 e. The lowest BCUT2D eigenvalue weighted by atomic mass is 10.4. The first-order valence-corrected chi connectivity index (χ1v) is 4.05. The van der Waals surface area contributed by atoms with Crippen molar-refractivity contribution in [3.63, 3.8) is 0 Å². The van der Waals surface area contributed by atoms with Gasteiger partial charge in [-0.2, -0.15) is 0 Å². The molecule has 0 saturated carbocycles. The van der Waals surface area contributed by atoms with Gasteiger partial charge in [-0.1, -0.05) is 32.3 Å². The average molecular weight is 145 g/mol. The molecular formula is C8H19NO. The maximum atomic E-state index is 4.70. The SMILES string of the molecule is CC.CCC/C=N\OCC. The van der Waals surface area contributed by atoms with E-state index in [1.54, 1.807) is 6.21 Å². The fourth-order valence-corrected chi connectivity index (χ4v) is 0.309. The second kappa shape index (κ2) is 15.8. The highest BCUT2D eigenvalue weighted by Gasteiger charge is 1.71. The van der Waals surface area contributed by atoms with Gasteiger partial charge in [0.05, 0.1) is 0 Å². The minimum absolute atomic E-state index is 0.667. The predicted octanol–water partition coefficient (Wildman–Crippen LogP) is 2.84. The van der Waals surface area contributed by atoms with Gasteiger partial charge in [-0.05, 0) is 13.3 Å². The Hall–Kier alpha value is -0.530. The minimum atomic E-state index is 0.667. The van der Waals surface area contributed by atoms with Crippen molar-refractivity contribution in [1.29, 1.82) is 0 Å². The maximum Gasteiger partial charge on any atom is 0.114 e. The van der Waals surface area contributed by atoms with Crippen LogP contribution in [0.1, 0.15) is 40.5 Å². The van der Waals surface area contributed by atoms with Gasteiger partial charge in [-0.25, -0.2) is 0 Å². The molecule has 0 saturated heterocycles. The third-order valence-corrected chi connectivity index (χ3v) is 0.696. The van der Waals surface area contributed by atoms with Crippen LogP contribution in [0, 0.1) is 0 Å². The lowest BCUT2D eigenvalue weighted by Gasteiger charge is -1.87. The van der Waals surface area contributed by atoms with Crippen molar-refractivity contribution in [3.05, 3.63) is 0 Å². The van der Waals surface area contributed by atoms with Crippen molar-refractivity contribution < 1.29 is 4.84 Å². The van der Waals surface area contributed by atoms with Crippen LogP contribution in [0.3, 0.4) is 0 Å². The van der Waals surface area contributed by atoms with Crippen molar-refractivity contribution in [2.45, 2.75) is 40.5 Å². The molecule has 62 valence electrons. The molecule has 2 nitrogen and oxygen atoms in total. The highest BCUT2D eigenvalue weighted by atomic mass is 16.6. The molecule has 0 amide bonds. The van der Waals surface area contributed by atoms with Gasteiger partial charge in [0.15, 0.2) is 0 Å². The molecule has 0 aromatic carbocycles. The zero-order valence-corrected chi connectivity index (χ0v) is 7.55. The molecule has 2 heteroatoms. The summed E-state index contributed by atoms with van der Waals surface area (Å²) in [7, 11) is 0. The van der Waals surface area contributed by atoms with E-state index in [1.165, 1.54) is 0 Å². The normalized spacial score (nSPS) is 8.80. The van der Waals surface area contributed by atoms with Gasteiger partial charge < -0.3 is 4.84 Å². The maximum absolute atomic E-state index is 4.70. The molecule has 0 radical (unpaired) electrons. The van der Waals surface area contributed by atoms with Crippen LogP contribution in [0.5, 0.6) is 0 Å². The van der Waals surface area contributed by atoms with E-state index in [-0.39, 0.29) is 0 Å². The molecular weight excluding hydrogens is 126 g/mol. The van der Waals surface area contributed by atoms with Gasteiger partial charge in [0.2, 0.25) is 0 Å². The Labute approximate surface area is 64.3 Å². The standard InChI is InChI=1S/C6H13NO.C2H6/c1-3-5-6-7-8-4-2;1-2/h6H,3-5H2,1-2H3;1-2H3/b7-6-;. The zero-order chi connectivity index (χ0) is 8.24. The Kier molecular flexibility index (Phi) is 19.2. The van der Waals surface area contributed by atoms with E-state index in [2.05, 4.69) is 12.1 Å². The van der Waals surface area contributed by atoms with Gasteiger partial charge in [-0.15, -0.1) is 0 Å². The Morgan fingerprint density at radius 3 is 2.30 bits per heavy atom. The van der Waals surface area contributed by atoms with Gasteiger partial charge >= 0.3 is 0 Å². The van der Waals surface area contributed by atoms with Crippen LogP contribution in [0.2, 0.25) is 0 Å². The van der Waals surface area contributed by atoms with E-state index >= 15 is 0 Å². The third-order valence-electron chi connectivity index (χ3n) is 0.696. The van der Waals surface area contributed by atoms with Crippen molar-refractivity contribution in [1.82, 2.24) is 0 Å². The van der Waals surface area contributed by atoms with Crippen LogP contribution in [0.25, 0.3) is 0 Å². The van der Waals surface area contributed by atoms with Gasteiger partial charge in [0.1, 0.15) is 6.61 Å². The number of oxime groups is 1. The Bertz CT molecular complexity index is 54.3. The van der Waals surface area contributed by atoms with Crippen molar-refractivity contribution in [3.8, 4) is 0 Å². The number of unbranched alkanes of at least 4 members (excludes halogenated alkanes) is 1. The molecule has 0 aliphatic rings. The summed E-state index contributed by atoms with van der Waals surface area (Å²) in [5.74, 6) is 0. The van der Waals surface area contributed by atoms with E-state index in [1.807, 2.05) is 20.8 Å². The Morgan fingerprint density at radius 1 is 1.30 bits per heavy atom. The quantitative estimate of drug-likeness (QED) is 0.440. The Balaban J connectivity index is 0. The molecule has 0 aromatic heterocycles. The van der Waals surface area contributed by atoms with Crippen LogP contribution in [-0.2, 0) is 4.84 Å². The summed E-state index contributed by atoms with van der Waals surface area (Å²) in [5.41, 5.74) is 0. The van der Waals surface area contributed by atoms with Gasteiger partial charge in [0, 0.05) is 6.21 Å². The summed E-state index contributed by atoms with van der Waals surface area (Å²) >= 11 is 0. The number of hydrogen-bond donors (Lipinski definition) is 0. The van der Waals surface area contributed by atoms with Crippen molar-refractivity contribution in [2.24, 2.45) is 5.16 Å². The molecule has 0 aromatic rings. The molecule has 0 spiro atoms. The molecule has 0 rings (SSSR count). The fraction of sp³-hybridized carbons (Fsp3) is 0.875. The molecule has 0 aliphatic heterocycles. The van der Waals surface area contributed by atoms with Crippen molar-refractivity contribution >= 4 is 6.21 Å². The first-order chi connectivity index (χ1) is 4.91. The monoisotopic (exact) mass is 145 g/mol. The second-order valence-electron chi connectivity index (χ2n) is 1.49. The second-order valence-corrected chi connectivity index (χ2v) is 1.49. The first-order valence-electron chi connectivity index (χ1n) is 4.05. The van der Waals surface area contributed by atoms with E-state index in [0.717, 1.165) is 12.8 Å². The molecule has 0 fully saturated rings. The van der Waals surface area contributed by atoms with Crippen LogP contribution in [0.15, 0.2) is 5.16 Å². The summed E-state index contributed by atoms with van der Waals surface area (Å²) in [6, 6.07) is 0. The predicted molar refractivity (Wildman–Crippen MR) is 46.4 cm³/mol. The zero-order valence-electron chi connectivity index (χ0n) is 7.55. The fourth-order valence-electron chi connectivity index (χ4n) is 0.309. The number of hydrogen-bond acceptors (Lipinski definition) is 2. The molecule has 0 unspecified atom stereocenters. The lowest BCUT2D eigenvalue weighted by Crippen LogP contribution is -1.79. The Morgan fingerprint density at radius 2 is 1.90 bits per heavy atom. The third kappa shape index (κ3) is 15.6. The van der Waals surface area contributed by atoms with E-state index in [0.29, 0.717) is 6.61 Å². The average Bonchev–Trinajstić information content (AvgIpc) is 2.02. The van der Waals surface area contributed by atoms with Crippen molar-refractivity contribution in [2.75, 3.05) is 6.61 Å². The lowest BCUT2D eigenvalue weighted by molar-refractivity contribution is 0.160. The largest absolute Gasteiger partial charge is 0.396 e. The highest BCUT2D eigenvalue weighted by Crippen LogP contribution is 1.81. The molecule has 0 aliphatic carbocycles. The summed E-state index contributed by atoms with van der Waals surface area (Å²) in [5, 5.41) is 3.65. The molecule has 10 heavy (non-hydrogen) atoms. The first kappa shape index (κ1) is 12.2. The summed E-state index contributed by atoms with van der Waals surface area (Å²) < 4.78 is 0. The van der Waals surface area contributed by atoms with Crippen LogP contribution in [0.4, 0.5) is 0 Å². The smallest absolute Gasteiger partial charge is 0.114 e. The molecule has 0 atom stereocenters.